The number of rotatable bonds is 0. The Morgan fingerprint density at radius 3 is 2.58 bits per heavy atom. The molecule has 0 spiro atoms. The first kappa shape index (κ1) is 7.25. The summed E-state index contributed by atoms with van der Waals surface area (Å²) in [6.07, 6.45) is 2.08. The molecule has 1 aromatic rings. The Labute approximate surface area is 69.5 Å². The molecule has 1 atom stereocenters. The quantitative estimate of drug-likeness (QED) is 0.539. The summed E-state index contributed by atoms with van der Waals surface area (Å²) in [5, 5.41) is 11.0. The molecule has 2 rings (SSSR count). The average Bonchev–Trinajstić information content (AvgIpc) is 2.07. The van der Waals surface area contributed by atoms with E-state index in [4.69, 9.17) is 0 Å². The molecule has 60 valence electrons. The molecule has 0 aliphatic heterocycles. The van der Waals surface area contributed by atoms with Gasteiger partial charge in [0, 0.05) is 0 Å². The van der Waals surface area contributed by atoms with Gasteiger partial charge in [-0.1, -0.05) is 24.3 Å². The van der Waals surface area contributed by atoms with Gasteiger partial charge < -0.3 is 5.11 Å². The van der Waals surface area contributed by atoms with E-state index in [1.54, 1.807) is 6.08 Å². The van der Waals surface area contributed by atoms with Crippen molar-refractivity contribution in [3.05, 3.63) is 34.7 Å². The highest BCUT2D eigenvalue weighted by Crippen LogP contribution is 1.92. The zero-order chi connectivity index (χ0) is 8.55. The highest BCUT2D eigenvalue weighted by molar-refractivity contribution is 6.12. The SMILES string of the molecule is O=C1C=c2ccccc2=CC1O. The van der Waals surface area contributed by atoms with Crippen molar-refractivity contribution in [2.24, 2.45) is 0 Å². The molecule has 0 amide bonds. The van der Waals surface area contributed by atoms with Crippen LogP contribution in [-0.4, -0.2) is 17.0 Å². The summed E-state index contributed by atoms with van der Waals surface area (Å²) in [5.41, 5.74) is 0. The average molecular weight is 160 g/mol. The monoisotopic (exact) mass is 160 g/mol. The van der Waals surface area contributed by atoms with E-state index in [-0.39, 0.29) is 5.78 Å². The molecule has 0 saturated carbocycles. The van der Waals surface area contributed by atoms with Gasteiger partial charge in [0.1, 0.15) is 6.10 Å². The molecule has 1 unspecified atom stereocenters. The molecule has 0 radical (unpaired) electrons. The topological polar surface area (TPSA) is 37.3 Å². The fourth-order valence-electron chi connectivity index (χ4n) is 1.28. The standard InChI is InChI=1S/C10H8O2/c11-9-5-7-3-1-2-4-8(7)6-10(9)12/h1-6,9,11H. The van der Waals surface area contributed by atoms with E-state index >= 15 is 0 Å². The van der Waals surface area contributed by atoms with Crippen LogP contribution in [0.4, 0.5) is 0 Å². The molecule has 1 aromatic carbocycles. The maximum absolute atomic E-state index is 11.0. The molecule has 0 heterocycles. The zero-order valence-electron chi connectivity index (χ0n) is 6.40. The number of aliphatic hydroxyl groups excluding tert-OH is 1. The minimum absolute atomic E-state index is 0.242. The summed E-state index contributed by atoms with van der Waals surface area (Å²) in [6, 6.07) is 7.48. The van der Waals surface area contributed by atoms with Gasteiger partial charge in [-0.05, 0) is 22.6 Å². The lowest BCUT2D eigenvalue weighted by Crippen LogP contribution is -2.34. The smallest absolute Gasteiger partial charge is 0.188 e. The van der Waals surface area contributed by atoms with E-state index in [9.17, 15) is 9.90 Å². The number of carbonyl (C=O) groups excluding carboxylic acids is 1. The molecule has 1 aliphatic carbocycles. The first-order valence-electron chi connectivity index (χ1n) is 3.78. The van der Waals surface area contributed by atoms with E-state index in [0.29, 0.717) is 0 Å². The van der Waals surface area contributed by atoms with Gasteiger partial charge in [0.15, 0.2) is 5.78 Å². The van der Waals surface area contributed by atoms with Crippen molar-refractivity contribution < 1.29 is 9.90 Å². The summed E-state index contributed by atoms with van der Waals surface area (Å²) < 4.78 is 0. The molecule has 1 aliphatic rings. The van der Waals surface area contributed by atoms with Crippen LogP contribution < -0.4 is 10.4 Å². The fourth-order valence-corrected chi connectivity index (χ4v) is 1.28. The number of ketones is 1. The lowest BCUT2D eigenvalue weighted by molar-refractivity contribution is -0.118. The van der Waals surface area contributed by atoms with Crippen LogP contribution in [0.15, 0.2) is 24.3 Å². The minimum Gasteiger partial charge on any atom is -0.381 e. The molecule has 1 N–H and O–H groups in total. The Morgan fingerprint density at radius 1 is 1.17 bits per heavy atom. The van der Waals surface area contributed by atoms with Crippen molar-refractivity contribution in [2.45, 2.75) is 6.10 Å². The predicted molar refractivity (Wildman–Crippen MR) is 45.6 cm³/mol. The third-order valence-electron chi connectivity index (χ3n) is 1.92. The van der Waals surface area contributed by atoms with Gasteiger partial charge in [-0.3, -0.25) is 4.79 Å². The minimum atomic E-state index is -0.958. The summed E-state index contributed by atoms with van der Waals surface area (Å²) in [6.45, 7) is 0. The maximum Gasteiger partial charge on any atom is 0.188 e. The van der Waals surface area contributed by atoms with Crippen molar-refractivity contribution in [1.82, 2.24) is 0 Å². The maximum atomic E-state index is 11.0. The van der Waals surface area contributed by atoms with Crippen LogP contribution in [0.5, 0.6) is 0 Å². The number of Topliss-reactive ketones (excluding diaryl/α,β-unsaturated/α-hetero) is 1. The second kappa shape index (κ2) is 2.57. The molecule has 0 fully saturated rings. The second-order valence-electron chi connectivity index (χ2n) is 2.79. The van der Waals surface area contributed by atoms with E-state index in [0.717, 1.165) is 10.4 Å². The molecule has 2 heteroatoms. The number of carbonyl (C=O) groups is 1. The van der Waals surface area contributed by atoms with Gasteiger partial charge in [-0.25, -0.2) is 0 Å². The Balaban J connectivity index is 2.79. The van der Waals surface area contributed by atoms with Crippen molar-refractivity contribution in [3.8, 4) is 0 Å². The van der Waals surface area contributed by atoms with E-state index in [1.165, 1.54) is 6.08 Å². The van der Waals surface area contributed by atoms with Crippen molar-refractivity contribution in [3.63, 3.8) is 0 Å². The van der Waals surface area contributed by atoms with Crippen LogP contribution in [0.25, 0.3) is 12.2 Å². The fraction of sp³-hybridized carbons (Fsp3) is 0.100. The Bertz CT molecular complexity index is 431. The van der Waals surface area contributed by atoms with Crippen LogP contribution in [0, 0.1) is 0 Å². The van der Waals surface area contributed by atoms with Crippen molar-refractivity contribution >= 4 is 17.9 Å². The summed E-state index contributed by atoms with van der Waals surface area (Å²) in [5.74, 6) is -0.242. The van der Waals surface area contributed by atoms with Crippen LogP contribution in [0.3, 0.4) is 0 Å². The number of hydrogen-bond acceptors (Lipinski definition) is 2. The van der Waals surface area contributed by atoms with Gasteiger partial charge in [-0.15, -0.1) is 0 Å². The number of hydrogen-bond donors (Lipinski definition) is 1. The molecule has 0 saturated heterocycles. The Morgan fingerprint density at radius 2 is 1.83 bits per heavy atom. The van der Waals surface area contributed by atoms with Crippen LogP contribution in [0.2, 0.25) is 0 Å². The van der Waals surface area contributed by atoms with Crippen LogP contribution in [0.1, 0.15) is 0 Å². The van der Waals surface area contributed by atoms with Gasteiger partial charge >= 0.3 is 0 Å². The molecular weight excluding hydrogens is 152 g/mol. The first-order chi connectivity index (χ1) is 5.77. The highest BCUT2D eigenvalue weighted by Gasteiger charge is 2.11. The number of benzene rings is 1. The van der Waals surface area contributed by atoms with Crippen molar-refractivity contribution in [1.29, 1.82) is 0 Å². The van der Waals surface area contributed by atoms with Crippen molar-refractivity contribution in [2.75, 3.05) is 0 Å². The van der Waals surface area contributed by atoms with Gasteiger partial charge in [0.2, 0.25) is 0 Å². The third-order valence-corrected chi connectivity index (χ3v) is 1.92. The van der Waals surface area contributed by atoms with Crippen LogP contribution >= 0.6 is 0 Å². The van der Waals surface area contributed by atoms with E-state index < -0.39 is 6.10 Å². The zero-order valence-corrected chi connectivity index (χ0v) is 6.40. The first-order valence-corrected chi connectivity index (χ1v) is 3.78. The van der Waals surface area contributed by atoms with Crippen LogP contribution in [-0.2, 0) is 4.79 Å². The molecule has 2 nitrogen and oxygen atoms in total. The summed E-state index contributed by atoms with van der Waals surface area (Å²) in [7, 11) is 0. The van der Waals surface area contributed by atoms with Gasteiger partial charge in [0.05, 0.1) is 0 Å². The summed E-state index contributed by atoms with van der Waals surface area (Å²) >= 11 is 0. The van der Waals surface area contributed by atoms with E-state index in [2.05, 4.69) is 0 Å². The number of fused-ring (bicyclic) bond motifs is 1. The van der Waals surface area contributed by atoms with Gasteiger partial charge in [-0.2, -0.15) is 0 Å². The third kappa shape index (κ3) is 1.06. The largest absolute Gasteiger partial charge is 0.381 e. The van der Waals surface area contributed by atoms with Gasteiger partial charge in [0.25, 0.3) is 0 Å². The second-order valence-corrected chi connectivity index (χ2v) is 2.79. The highest BCUT2D eigenvalue weighted by atomic mass is 16.3. The molecule has 0 bridgehead atoms. The number of aliphatic hydroxyl groups is 1. The predicted octanol–water partition coefficient (Wildman–Crippen LogP) is -0.809. The Kier molecular flexibility index (Phi) is 1.55. The normalized spacial score (nSPS) is 20.8. The summed E-state index contributed by atoms with van der Waals surface area (Å²) in [4.78, 5) is 11.0. The lowest BCUT2D eigenvalue weighted by Gasteiger charge is -2.04. The molecule has 0 aromatic heterocycles. The molecular formula is C10H8O2. The lowest BCUT2D eigenvalue weighted by atomic mass is 10.1. The van der Waals surface area contributed by atoms with E-state index in [1.807, 2.05) is 24.3 Å². The Hall–Kier alpha value is -1.41. The molecule has 12 heavy (non-hydrogen) atoms.